The number of fused-ring (bicyclic) bond motifs is 1. The van der Waals surface area contributed by atoms with Gasteiger partial charge in [0.15, 0.2) is 0 Å². The zero-order valence-electron chi connectivity index (χ0n) is 13.5. The van der Waals surface area contributed by atoms with Gasteiger partial charge in [-0.25, -0.2) is 0 Å². The van der Waals surface area contributed by atoms with E-state index in [-0.39, 0.29) is 5.91 Å². The van der Waals surface area contributed by atoms with Gasteiger partial charge in [-0.2, -0.15) is 0 Å². The Balaban J connectivity index is 1.34. The third-order valence-corrected chi connectivity index (χ3v) is 4.69. The van der Waals surface area contributed by atoms with Crippen LogP contribution in [0.1, 0.15) is 24.0 Å². The molecule has 2 aliphatic rings. The van der Waals surface area contributed by atoms with E-state index in [9.17, 15) is 4.79 Å². The third kappa shape index (κ3) is 4.80. The quantitative estimate of drug-likeness (QED) is 0.648. The Morgan fingerprint density at radius 1 is 1.17 bits per heavy atom. The molecule has 1 fully saturated rings. The number of rotatable bonds is 6. The molecular formula is C20H25NO2. The van der Waals surface area contributed by atoms with Crippen molar-refractivity contribution in [1.29, 1.82) is 0 Å². The van der Waals surface area contributed by atoms with Crippen molar-refractivity contribution in [2.24, 2.45) is 11.8 Å². The fraction of sp³-hybridized carbons (Fsp3) is 0.450. The molecule has 3 rings (SSSR count). The van der Waals surface area contributed by atoms with Gasteiger partial charge in [0.1, 0.15) is 0 Å². The largest absolute Gasteiger partial charge is 0.381 e. The highest BCUT2D eigenvalue weighted by atomic mass is 16.5. The van der Waals surface area contributed by atoms with E-state index in [4.69, 9.17) is 4.74 Å². The summed E-state index contributed by atoms with van der Waals surface area (Å²) in [6, 6.07) is 8.71. The highest BCUT2D eigenvalue weighted by molar-refractivity contribution is 5.87. The molecule has 1 atom stereocenters. The standard InChI is InChI=1S/C20H25NO2/c22-20(21-14-17-10-11-23-15-17)9-3-1-2-6-16-12-18-7-4-5-8-19(18)13-16/h1-5,7-9,16-17H,6,10-15H2,(H,21,22). The van der Waals surface area contributed by atoms with Gasteiger partial charge in [0, 0.05) is 25.1 Å². The summed E-state index contributed by atoms with van der Waals surface area (Å²) in [5.74, 6) is 1.16. The second-order valence-electron chi connectivity index (χ2n) is 6.54. The van der Waals surface area contributed by atoms with Crippen LogP contribution in [0.5, 0.6) is 0 Å². The average molecular weight is 311 g/mol. The van der Waals surface area contributed by atoms with Gasteiger partial charge < -0.3 is 10.1 Å². The maximum atomic E-state index is 11.7. The molecule has 1 saturated heterocycles. The monoisotopic (exact) mass is 311 g/mol. The number of carbonyl (C=O) groups is 1. The van der Waals surface area contributed by atoms with Crippen molar-refractivity contribution in [2.45, 2.75) is 25.7 Å². The van der Waals surface area contributed by atoms with Crippen molar-refractivity contribution in [3.63, 3.8) is 0 Å². The van der Waals surface area contributed by atoms with Gasteiger partial charge in [-0.3, -0.25) is 4.79 Å². The van der Waals surface area contributed by atoms with Crippen molar-refractivity contribution in [2.75, 3.05) is 19.8 Å². The van der Waals surface area contributed by atoms with Crippen LogP contribution in [0.15, 0.2) is 48.6 Å². The Labute approximate surface area is 138 Å². The number of benzene rings is 1. The Hall–Kier alpha value is -1.87. The van der Waals surface area contributed by atoms with Crippen LogP contribution in [0.25, 0.3) is 0 Å². The molecule has 3 nitrogen and oxygen atoms in total. The molecule has 1 unspecified atom stereocenters. The van der Waals surface area contributed by atoms with Crippen LogP contribution in [0.3, 0.4) is 0 Å². The summed E-state index contributed by atoms with van der Waals surface area (Å²) in [6.45, 7) is 2.31. The first-order chi connectivity index (χ1) is 11.3. The Kier molecular flexibility index (Phi) is 5.65. The van der Waals surface area contributed by atoms with Crippen LogP contribution in [0.2, 0.25) is 0 Å². The predicted molar refractivity (Wildman–Crippen MR) is 92.2 cm³/mol. The van der Waals surface area contributed by atoms with Gasteiger partial charge in [-0.05, 0) is 42.7 Å². The summed E-state index contributed by atoms with van der Waals surface area (Å²) in [5, 5.41) is 2.93. The number of carbonyl (C=O) groups excluding carboxylic acids is 1. The van der Waals surface area contributed by atoms with Crippen molar-refractivity contribution in [1.82, 2.24) is 5.32 Å². The number of nitrogens with one attached hydrogen (secondary N) is 1. The van der Waals surface area contributed by atoms with Crippen LogP contribution in [0, 0.1) is 11.8 Å². The number of amides is 1. The zero-order chi connectivity index (χ0) is 15.9. The predicted octanol–water partition coefficient (Wildman–Crippen LogP) is 3.06. The van der Waals surface area contributed by atoms with Crippen LogP contribution in [0.4, 0.5) is 0 Å². The van der Waals surface area contributed by atoms with Crippen molar-refractivity contribution < 1.29 is 9.53 Å². The SMILES string of the molecule is O=C(C=CC=CCC1Cc2ccccc2C1)NCC1CCOC1. The van der Waals surface area contributed by atoms with Gasteiger partial charge in [-0.15, -0.1) is 0 Å². The molecule has 0 bridgehead atoms. The molecule has 122 valence electrons. The Morgan fingerprint density at radius 2 is 1.96 bits per heavy atom. The summed E-state index contributed by atoms with van der Waals surface area (Å²) in [5.41, 5.74) is 2.99. The third-order valence-electron chi connectivity index (χ3n) is 4.69. The lowest BCUT2D eigenvalue weighted by Crippen LogP contribution is -2.27. The van der Waals surface area contributed by atoms with Gasteiger partial charge >= 0.3 is 0 Å². The summed E-state index contributed by atoms with van der Waals surface area (Å²) in [7, 11) is 0. The molecule has 1 aliphatic carbocycles. The molecule has 0 radical (unpaired) electrons. The number of hydrogen-bond acceptors (Lipinski definition) is 2. The average Bonchev–Trinajstić information content (AvgIpc) is 3.21. The molecular weight excluding hydrogens is 286 g/mol. The fourth-order valence-electron chi connectivity index (χ4n) is 3.36. The van der Waals surface area contributed by atoms with Gasteiger partial charge in [0.05, 0.1) is 6.61 Å². The van der Waals surface area contributed by atoms with Crippen molar-refractivity contribution >= 4 is 5.91 Å². The van der Waals surface area contributed by atoms with Gasteiger partial charge in [0.2, 0.25) is 5.91 Å². The number of ether oxygens (including phenoxy) is 1. The molecule has 1 aromatic carbocycles. The van der Waals surface area contributed by atoms with E-state index >= 15 is 0 Å². The minimum absolute atomic E-state index is 0.0187. The highest BCUT2D eigenvalue weighted by Gasteiger charge is 2.19. The molecule has 1 N–H and O–H groups in total. The number of hydrogen-bond donors (Lipinski definition) is 1. The molecule has 0 aromatic heterocycles. The molecule has 1 aromatic rings. The maximum absolute atomic E-state index is 11.7. The van der Waals surface area contributed by atoms with E-state index in [1.54, 1.807) is 6.08 Å². The summed E-state index contributed by atoms with van der Waals surface area (Å²) in [6.07, 6.45) is 12.1. The molecule has 3 heteroatoms. The van der Waals surface area contributed by atoms with Crippen molar-refractivity contribution in [3.8, 4) is 0 Å². The van der Waals surface area contributed by atoms with E-state index in [0.717, 1.165) is 26.1 Å². The van der Waals surface area contributed by atoms with E-state index in [1.807, 2.05) is 12.2 Å². The minimum Gasteiger partial charge on any atom is -0.381 e. The summed E-state index contributed by atoms with van der Waals surface area (Å²) >= 11 is 0. The molecule has 1 heterocycles. The highest BCUT2D eigenvalue weighted by Crippen LogP contribution is 2.28. The van der Waals surface area contributed by atoms with Crippen LogP contribution in [-0.2, 0) is 22.4 Å². The topological polar surface area (TPSA) is 38.3 Å². The summed E-state index contributed by atoms with van der Waals surface area (Å²) in [4.78, 5) is 11.7. The molecule has 1 aliphatic heterocycles. The lowest BCUT2D eigenvalue weighted by molar-refractivity contribution is -0.116. The maximum Gasteiger partial charge on any atom is 0.243 e. The van der Waals surface area contributed by atoms with Crippen molar-refractivity contribution in [3.05, 3.63) is 59.7 Å². The number of allylic oxidation sites excluding steroid dienone is 3. The van der Waals surface area contributed by atoms with Gasteiger partial charge in [-0.1, -0.05) is 42.5 Å². The first kappa shape index (κ1) is 16.0. The molecule has 0 saturated carbocycles. The second kappa shape index (κ2) is 8.11. The molecule has 23 heavy (non-hydrogen) atoms. The normalized spacial score (nSPS) is 21.3. The molecule has 0 spiro atoms. The smallest absolute Gasteiger partial charge is 0.243 e. The van der Waals surface area contributed by atoms with Crippen LogP contribution in [-0.4, -0.2) is 25.7 Å². The first-order valence-electron chi connectivity index (χ1n) is 8.57. The molecule has 1 amide bonds. The minimum atomic E-state index is -0.0187. The van der Waals surface area contributed by atoms with E-state index in [1.165, 1.54) is 24.0 Å². The fourth-order valence-corrected chi connectivity index (χ4v) is 3.36. The van der Waals surface area contributed by atoms with Crippen LogP contribution < -0.4 is 5.32 Å². The Bertz CT molecular complexity index is 560. The van der Waals surface area contributed by atoms with Crippen LogP contribution >= 0.6 is 0 Å². The lowest BCUT2D eigenvalue weighted by atomic mass is 10.0. The van der Waals surface area contributed by atoms with E-state index < -0.39 is 0 Å². The van der Waals surface area contributed by atoms with Gasteiger partial charge in [0.25, 0.3) is 0 Å². The first-order valence-corrected chi connectivity index (χ1v) is 8.57. The van der Waals surface area contributed by atoms with E-state index in [2.05, 4.69) is 35.7 Å². The Morgan fingerprint density at radius 3 is 2.65 bits per heavy atom. The van der Waals surface area contributed by atoms with E-state index in [0.29, 0.717) is 18.4 Å². The zero-order valence-corrected chi connectivity index (χ0v) is 13.5. The lowest BCUT2D eigenvalue weighted by Gasteiger charge is -2.06. The second-order valence-corrected chi connectivity index (χ2v) is 6.54. The summed E-state index contributed by atoms with van der Waals surface area (Å²) < 4.78 is 5.29.